The van der Waals surface area contributed by atoms with Gasteiger partial charge in [-0.15, -0.1) is 0 Å². The van der Waals surface area contributed by atoms with E-state index in [1.54, 1.807) is 13.8 Å². The van der Waals surface area contributed by atoms with E-state index in [9.17, 15) is 14.4 Å². The van der Waals surface area contributed by atoms with Gasteiger partial charge in [-0.3, -0.25) is 4.79 Å². The summed E-state index contributed by atoms with van der Waals surface area (Å²) in [6.07, 6.45) is 0.650. The number of hydrogen-bond acceptors (Lipinski definition) is 3. The summed E-state index contributed by atoms with van der Waals surface area (Å²) in [4.78, 5) is 36.3. The van der Waals surface area contributed by atoms with Crippen LogP contribution in [0.5, 0.6) is 0 Å². The fourth-order valence-corrected chi connectivity index (χ4v) is 2.29. The topological polar surface area (TPSA) is 98.7 Å². The Morgan fingerprint density at radius 2 is 1.80 bits per heavy atom. The second-order valence-corrected chi connectivity index (χ2v) is 5.58. The van der Waals surface area contributed by atoms with Gasteiger partial charge in [-0.25, -0.2) is 9.59 Å². The summed E-state index contributed by atoms with van der Waals surface area (Å²) in [5.41, 5.74) is 0. The minimum atomic E-state index is -1.01. The highest BCUT2D eigenvalue weighted by molar-refractivity contribution is 5.89. The lowest BCUT2D eigenvalue weighted by atomic mass is 10.0. The molecule has 20 heavy (non-hydrogen) atoms. The Hall–Kier alpha value is -1.79. The number of nitrogens with one attached hydrogen (secondary N) is 2. The van der Waals surface area contributed by atoms with Crippen molar-refractivity contribution in [3.63, 3.8) is 0 Å². The number of urea groups is 1. The predicted octanol–water partition coefficient (Wildman–Crippen LogP) is 0.404. The minimum absolute atomic E-state index is 0.0135. The van der Waals surface area contributed by atoms with Crippen LogP contribution >= 0.6 is 0 Å². The van der Waals surface area contributed by atoms with Gasteiger partial charge < -0.3 is 20.6 Å². The average Bonchev–Trinajstić information content (AvgIpc) is 2.70. The number of carboxylic acids is 1. The van der Waals surface area contributed by atoms with E-state index in [0.717, 1.165) is 0 Å². The normalized spacial score (nSPS) is 23.6. The highest BCUT2D eigenvalue weighted by atomic mass is 16.4. The minimum Gasteiger partial charge on any atom is -0.480 e. The van der Waals surface area contributed by atoms with Gasteiger partial charge >= 0.3 is 12.0 Å². The molecule has 1 heterocycles. The molecule has 7 nitrogen and oxygen atoms in total. The molecule has 0 aromatic carbocycles. The Labute approximate surface area is 118 Å². The molecule has 3 N–H and O–H groups in total. The van der Waals surface area contributed by atoms with Gasteiger partial charge in [-0.2, -0.15) is 0 Å². The molecule has 1 aliphatic heterocycles. The third-order valence-corrected chi connectivity index (χ3v) is 3.38. The maximum absolute atomic E-state index is 12.1. The van der Waals surface area contributed by atoms with Crippen molar-refractivity contribution in [1.29, 1.82) is 0 Å². The molecule has 1 fully saturated rings. The zero-order valence-corrected chi connectivity index (χ0v) is 12.3. The molecule has 7 heteroatoms. The Morgan fingerprint density at radius 3 is 2.30 bits per heavy atom. The van der Waals surface area contributed by atoms with E-state index in [4.69, 9.17) is 5.11 Å². The number of likely N-dealkylation sites (tertiary alicyclic amines) is 1. The molecule has 1 rings (SSSR count). The van der Waals surface area contributed by atoms with Crippen LogP contribution in [0.15, 0.2) is 0 Å². The van der Waals surface area contributed by atoms with Crippen LogP contribution in [0.2, 0.25) is 0 Å². The number of carbonyl (C=O) groups is 3. The molecule has 0 radical (unpaired) electrons. The van der Waals surface area contributed by atoms with E-state index in [0.29, 0.717) is 13.0 Å². The first-order chi connectivity index (χ1) is 9.23. The molecule has 0 aliphatic carbocycles. The molecule has 0 aromatic rings. The van der Waals surface area contributed by atoms with E-state index in [-0.39, 0.29) is 17.9 Å². The lowest BCUT2D eigenvalue weighted by molar-refractivity contribution is -0.142. The molecule has 0 aromatic heterocycles. The van der Waals surface area contributed by atoms with E-state index >= 15 is 0 Å². The standard InChI is InChI=1S/C13H23N3O4/c1-7(2)14-11(17)9(4)15-13(20)16-6-5-8(3)10(16)12(18)19/h7-10H,5-6H2,1-4H3,(H,14,17)(H,15,20)(H,18,19). The van der Waals surface area contributed by atoms with Crippen LogP contribution < -0.4 is 10.6 Å². The van der Waals surface area contributed by atoms with Gasteiger partial charge in [0.25, 0.3) is 0 Å². The molecule has 114 valence electrons. The molecule has 0 saturated carbocycles. The van der Waals surface area contributed by atoms with Crippen molar-refractivity contribution in [3.8, 4) is 0 Å². The Kier molecular flexibility index (Phi) is 5.35. The predicted molar refractivity (Wildman–Crippen MR) is 73.2 cm³/mol. The monoisotopic (exact) mass is 285 g/mol. The van der Waals surface area contributed by atoms with Crippen molar-refractivity contribution in [2.24, 2.45) is 5.92 Å². The van der Waals surface area contributed by atoms with Gasteiger partial charge in [-0.1, -0.05) is 6.92 Å². The molecule has 0 bridgehead atoms. The van der Waals surface area contributed by atoms with Gasteiger partial charge in [0.05, 0.1) is 0 Å². The van der Waals surface area contributed by atoms with Crippen molar-refractivity contribution in [1.82, 2.24) is 15.5 Å². The number of hydrogen-bond donors (Lipinski definition) is 3. The fraction of sp³-hybridized carbons (Fsp3) is 0.769. The zero-order valence-electron chi connectivity index (χ0n) is 12.3. The van der Waals surface area contributed by atoms with Crippen LogP contribution in [0.3, 0.4) is 0 Å². The molecule has 3 amide bonds. The Bertz CT molecular complexity index is 397. The van der Waals surface area contributed by atoms with Crippen molar-refractivity contribution < 1.29 is 19.5 Å². The van der Waals surface area contributed by atoms with Gasteiger partial charge in [0.2, 0.25) is 5.91 Å². The number of aliphatic carboxylic acids is 1. The third kappa shape index (κ3) is 3.85. The summed E-state index contributed by atoms with van der Waals surface area (Å²) in [6, 6.07) is -2.04. The summed E-state index contributed by atoms with van der Waals surface area (Å²) >= 11 is 0. The zero-order chi connectivity index (χ0) is 15.4. The smallest absolute Gasteiger partial charge is 0.326 e. The Morgan fingerprint density at radius 1 is 1.20 bits per heavy atom. The Balaban J connectivity index is 2.62. The fourth-order valence-electron chi connectivity index (χ4n) is 2.29. The van der Waals surface area contributed by atoms with Crippen molar-refractivity contribution in [2.75, 3.05) is 6.54 Å². The number of carbonyl (C=O) groups excluding carboxylic acids is 2. The van der Waals surface area contributed by atoms with Crippen LogP contribution in [-0.2, 0) is 9.59 Å². The SMILES string of the molecule is CC(C)NC(=O)C(C)NC(=O)N1CCC(C)C1C(=O)O. The summed E-state index contributed by atoms with van der Waals surface area (Å²) in [5, 5.41) is 14.4. The summed E-state index contributed by atoms with van der Waals surface area (Å²) in [6.45, 7) is 7.43. The molecule has 0 spiro atoms. The second kappa shape index (κ2) is 6.58. The molecule has 3 unspecified atom stereocenters. The number of carboxylic acid groups (broad SMARTS) is 1. The van der Waals surface area contributed by atoms with Crippen LogP contribution in [-0.4, -0.2) is 52.6 Å². The number of rotatable bonds is 4. The van der Waals surface area contributed by atoms with E-state index in [2.05, 4.69) is 10.6 Å². The van der Waals surface area contributed by atoms with Gasteiger partial charge in [0.1, 0.15) is 12.1 Å². The van der Waals surface area contributed by atoms with Crippen molar-refractivity contribution in [3.05, 3.63) is 0 Å². The van der Waals surface area contributed by atoms with Gasteiger partial charge in [0.15, 0.2) is 0 Å². The van der Waals surface area contributed by atoms with Crippen LogP contribution in [0.25, 0.3) is 0 Å². The van der Waals surface area contributed by atoms with E-state index in [1.165, 1.54) is 4.90 Å². The quantitative estimate of drug-likeness (QED) is 0.696. The summed E-state index contributed by atoms with van der Waals surface area (Å²) in [7, 11) is 0. The first-order valence-electron chi connectivity index (χ1n) is 6.84. The summed E-state index contributed by atoms with van der Waals surface area (Å²) < 4.78 is 0. The number of nitrogens with zero attached hydrogens (tertiary/aromatic N) is 1. The average molecular weight is 285 g/mol. The van der Waals surface area contributed by atoms with Gasteiger partial charge in [0, 0.05) is 12.6 Å². The molecule has 1 saturated heterocycles. The summed E-state index contributed by atoms with van der Waals surface area (Å²) in [5.74, 6) is -1.38. The first-order valence-corrected chi connectivity index (χ1v) is 6.84. The molecular formula is C13H23N3O4. The van der Waals surface area contributed by atoms with E-state index in [1.807, 2.05) is 13.8 Å². The lowest BCUT2D eigenvalue weighted by Crippen LogP contribution is -2.53. The second-order valence-electron chi connectivity index (χ2n) is 5.58. The number of amides is 3. The van der Waals surface area contributed by atoms with Gasteiger partial charge in [-0.05, 0) is 33.1 Å². The van der Waals surface area contributed by atoms with E-state index < -0.39 is 24.1 Å². The highest BCUT2D eigenvalue weighted by Crippen LogP contribution is 2.24. The third-order valence-electron chi connectivity index (χ3n) is 3.38. The van der Waals surface area contributed by atoms with Crippen LogP contribution in [0.1, 0.15) is 34.1 Å². The maximum Gasteiger partial charge on any atom is 0.326 e. The van der Waals surface area contributed by atoms with Crippen LogP contribution in [0, 0.1) is 5.92 Å². The molecule has 1 aliphatic rings. The largest absolute Gasteiger partial charge is 0.480 e. The van der Waals surface area contributed by atoms with Crippen molar-refractivity contribution >= 4 is 17.9 Å². The lowest BCUT2D eigenvalue weighted by Gasteiger charge is -2.25. The maximum atomic E-state index is 12.1. The van der Waals surface area contributed by atoms with Crippen molar-refractivity contribution in [2.45, 2.75) is 52.2 Å². The first kappa shape index (κ1) is 16.3. The molecular weight excluding hydrogens is 262 g/mol. The molecule has 3 atom stereocenters. The van der Waals surface area contributed by atoms with Crippen LogP contribution in [0.4, 0.5) is 4.79 Å². The highest BCUT2D eigenvalue weighted by Gasteiger charge is 2.40.